The first-order valence-electron chi connectivity index (χ1n) is 8.74. The van der Waals surface area contributed by atoms with Gasteiger partial charge in [-0.3, -0.25) is 4.90 Å². The highest BCUT2D eigenvalue weighted by Gasteiger charge is 2.43. The van der Waals surface area contributed by atoms with Crippen molar-refractivity contribution in [3.8, 4) is 6.01 Å². The number of nitrogens with two attached hydrogens (primary N) is 1. The van der Waals surface area contributed by atoms with Crippen LogP contribution in [0.5, 0.6) is 6.01 Å². The van der Waals surface area contributed by atoms with Crippen molar-refractivity contribution in [2.45, 2.75) is 38.8 Å². The number of alkyl halides is 2. The maximum absolute atomic E-state index is 13.7. The number of anilines is 3. The molecule has 0 amide bonds. The van der Waals surface area contributed by atoms with Crippen molar-refractivity contribution in [3.63, 3.8) is 0 Å². The molecule has 0 bridgehead atoms. The van der Waals surface area contributed by atoms with Crippen LogP contribution in [0.1, 0.15) is 25.8 Å². The van der Waals surface area contributed by atoms with Gasteiger partial charge in [0.15, 0.2) is 5.69 Å². The smallest absolute Gasteiger partial charge is 0.434 e. The van der Waals surface area contributed by atoms with Crippen molar-refractivity contribution in [3.05, 3.63) is 34.9 Å². The number of halogens is 3. The summed E-state index contributed by atoms with van der Waals surface area (Å²) in [5.41, 5.74) is 7.35. The topological polar surface area (TPSA) is 77.6 Å². The molecule has 146 valence electrons. The van der Waals surface area contributed by atoms with Crippen LogP contribution in [0.25, 0.3) is 0 Å². The number of nitrogens with one attached hydrogen (secondary N) is 2. The van der Waals surface area contributed by atoms with E-state index in [1.807, 2.05) is 32.0 Å². The van der Waals surface area contributed by atoms with Gasteiger partial charge in [0.1, 0.15) is 6.54 Å². The molecule has 6 nitrogen and oxygen atoms in total. The number of aromatic nitrogens is 2. The van der Waals surface area contributed by atoms with Gasteiger partial charge in [0.05, 0.1) is 12.6 Å². The zero-order valence-corrected chi connectivity index (χ0v) is 16.0. The summed E-state index contributed by atoms with van der Waals surface area (Å²) in [4.78, 5) is 8.82. The number of ether oxygens (including phenoxy) is 1. The molecule has 1 fully saturated rings. The van der Waals surface area contributed by atoms with Gasteiger partial charge in [0.2, 0.25) is 5.82 Å². The van der Waals surface area contributed by atoms with Crippen LogP contribution in [-0.2, 0) is 6.54 Å². The molecule has 0 atom stereocenters. The van der Waals surface area contributed by atoms with Crippen LogP contribution >= 0.6 is 11.6 Å². The SMILES string of the molecule is CC(C)Oc1nc(NCc2ccccc2Cl)c(N)c(N2CCC(F)(F)C2)[nH+]1. The highest BCUT2D eigenvalue weighted by atomic mass is 35.5. The molecule has 1 aromatic heterocycles. The lowest BCUT2D eigenvalue weighted by molar-refractivity contribution is -0.387. The van der Waals surface area contributed by atoms with Gasteiger partial charge in [-0.1, -0.05) is 29.8 Å². The summed E-state index contributed by atoms with van der Waals surface area (Å²) in [5.74, 6) is -2.01. The number of nitrogens with zero attached hydrogens (tertiary/aromatic N) is 2. The normalized spacial score (nSPS) is 16.0. The fraction of sp³-hybridized carbons (Fsp3) is 0.444. The second-order valence-electron chi connectivity index (χ2n) is 6.79. The van der Waals surface area contributed by atoms with Gasteiger partial charge in [0, 0.05) is 18.0 Å². The van der Waals surface area contributed by atoms with Gasteiger partial charge in [-0.05, 0) is 30.5 Å². The lowest BCUT2D eigenvalue weighted by atomic mass is 10.2. The molecule has 1 aromatic carbocycles. The van der Waals surface area contributed by atoms with E-state index >= 15 is 0 Å². The van der Waals surface area contributed by atoms with Crippen LogP contribution in [0.2, 0.25) is 5.02 Å². The summed E-state index contributed by atoms with van der Waals surface area (Å²) in [6.45, 7) is 3.89. The molecule has 0 unspecified atom stereocenters. The Bertz CT molecular complexity index is 818. The monoisotopic (exact) mass is 398 g/mol. The van der Waals surface area contributed by atoms with Crippen molar-refractivity contribution in [2.24, 2.45) is 0 Å². The van der Waals surface area contributed by atoms with E-state index in [0.29, 0.717) is 23.2 Å². The number of hydrogen-bond acceptors (Lipinski definition) is 5. The van der Waals surface area contributed by atoms with Gasteiger partial charge in [0.25, 0.3) is 11.7 Å². The molecule has 1 aliphatic heterocycles. The first kappa shape index (κ1) is 19.4. The Labute approximate surface area is 161 Å². The van der Waals surface area contributed by atoms with Crippen LogP contribution in [0, 0.1) is 0 Å². The maximum Gasteiger partial charge on any atom is 0.434 e. The van der Waals surface area contributed by atoms with E-state index in [4.69, 9.17) is 22.1 Å². The van der Waals surface area contributed by atoms with Crippen molar-refractivity contribution < 1.29 is 18.5 Å². The zero-order chi connectivity index (χ0) is 19.6. The minimum Gasteiger partial charge on any atom is -0.438 e. The van der Waals surface area contributed by atoms with E-state index < -0.39 is 12.5 Å². The minimum atomic E-state index is -2.74. The highest BCUT2D eigenvalue weighted by molar-refractivity contribution is 6.31. The summed E-state index contributed by atoms with van der Waals surface area (Å²) in [6.07, 6.45) is -0.354. The molecule has 1 saturated heterocycles. The second kappa shape index (κ2) is 7.72. The third-order valence-corrected chi connectivity index (χ3v) is 4.55. The molecule has 2 heterocycles. The summed E-state index contributed by atoms with van der Waals surface area (Å²) >= 11 is 6.18. The van der Waals surface area contributed by atoms with Crippen LogP contribution in [0.15, 0.2) is 24.3 Å². The molecule has 0 spiro atoms. The molecule has 0 saturated carbocycles. The van der Waals surface area contributed by atoms with E-state index in [9.17, 15) is 8.78 Å². The number of rotatable bonds is 6. The van der Waals surface area contributed by atoms with Crippen molar-refractivity contribution in [1.82, 2.24) is 4.98 Å². The Kier molecular flexibility index (Phi) is 5.55. The van der Waals surface area contributed by atoms with Crippen LogP contribution in [0.3, 0.4) is 0 Å². The first-order chi connectivity index (χ1) is 12.7. The molecule has 9 heteroatoms. The number of hydrogen-bond donors (Lipinski definition) is 2. The van der Waals surface area contributed by atoms with Crippen LogP contribution < -0.4 is 25.7 Å². The third-order valence-electron chi connectivity index (χ3n) is 4.19. The van der Waals surface area contributed by atoms with E-state index in [1.165, 1.54) is 4.90 Å². The number of nitrogen functional groups attached to an aromatic ring is 1. The van der Waals surface area contributed by atoms with E-state index in [-0.39, 0.29) is 30.8 Å². The average Bonchev–Trinajstić information content (AvgIpc) is 2.95. The zero-order valence-electron chi connectivity index (χ0n) is 15.2. The molecule has 3 rings (SSSR count). The first-order valence-corrected chi connectivity index (χ1v) is 9.12. The van der Waals surface area contributed by atoms with Gasteiger partial charge >= 0.3 is 6.01 Å². The van der Waals surface area contributed by atoms with Crippen LogP contribution in [0.4, 0.5) is 26.1 Å². The Morgan fingerprint density at radius 3 is 2.78 bits per heavy atom. The third kappa shape index (κ3) is 4.68. The predicted molar refractivity (Wildman–Crippen MR) is 102 cm³/mol. The largest absolute Gasteiger partial charge is 0.438 e. The second-order valence-corrected chi connectivity index (χ2v) is 7.20. The Morgan fingerprint density at radius 2 is 2.15 bits per heavy atom. The summed E-state index contributed by atoms with van der Waals surface area (Å²) in [6, 6.07) is 7.61. The standard InChI is InChI=1S/C18H22ClF2N5O/c1-11(2)27-17-24-15(23-9-12-5-3-4-6-13(12)19)14(22)16(25-17)26-8-7-18(20,21)10-26/h3-6,11H,7-10,22H2,1-2H3,(H,23,24,25)/p+1. The molecular weight excluding hydrogens is 376 g/mol. The van der Waals surface area contributed by atoms with E-state index in [0.717, 1.165) is 5.56 Å². The van der Waals surface area contributed by atoms with Crippen LogP contribution in [-0.4, -0.2) is 30.1 Å². The lowest BCUT2D eigenvalue weighted by Gasteiger charge is -2.17. The fourth-order valence-electron chi connectivity index (χ4n) is 2.88. The number of aromatic amines is 1. The summed E-state index contributed by atoms with van der Waals surface area (Å²) in [7, 11) is 0. The lowest BCUT2D eigenvalue weighted by Crippen LogP contribution is -2.33. The Balaban J connectivity index is 1.89. The Hall–Kier alpha value is -2.35. The molecule has 0 aliphatic carbocycles. The molecule has 27 heavy (non-hydrogen) atoms. The fourth-order valence-corrected chi connectivity index (χ4v) is 3.08. The Morgan fingerprint density at radius 1 is 1.41 bits per heavy atom. The van der Waals surface area contributed by atoms with Gasteiger partial charge in [-0.25, -0.2) is 13.8 Å². The quantitative estimate of drug-likeness (QED) is 0.780. The van der Waals surface area contributed by atoms with Gasteiger partial charge in [-0.15, -0.1) is 0 Å². The molecular formula is C18H23ClF2N5O+. The minimum absolute atomic E-state index is 0.137. The summed E-state index contributed by atoms with van der Waals surface area (Å²) in [5, 5.41) is 3.75. The van der Waals surface area contributed by atoms with Crippen molar-refractivity contribution in [1.29, 1.82) is 0 Å². The molecule has 2 aromatic rings. The molecule has 4 N–H and O–H groups in total. The predicted octanol–water partition coefficient (Wildman–Crippen LogP) is 3.38. The highest BCUT2D eigenvalue weighted by Crippen LogP contribution is 2.34. The number of benzene rings is 1. The number of H-pyrrole nitrogens is 1. The van der Waals surface area contributed by atoms with E-state index in [2.05, 4.69) is 15.3 Å². The van der Waals surface area contributed by atoms with Crippen molar-refractivity contribution >= 4 is 28.9 Å². The maximum atomic E-state index is 13.7. The molecule has 0 radical (unpaired) electrons. The molecule has 1 aliphatic rings. The van der Waals surface area contributed by atoms with E-state index in [1.54, 1.807) is 6.07 Å². The average molecular weight is 399 g/mol. The van der Waals surface area contributed by atoms with Gasteiger partial charge in [-0.2, -0.15) is 0 Å². The van der Waals surface area contributed by atoms with Crippen molar-refractivity contribution in [2.75, 3.05) is 29.0 Å². The van der Waals surface area contributed by atoms with Gasteiger partial charge < -0.3 is 15.8 Å². The summed E-state index contributed by atoms with van der Waals surface area (Å²) < 4.78 is 33.0.